The third kappa shape index (κ3) is 6.93. The number of pyridine rings is 1. The average Bonchev–Trinajstić information content (AvgIpc) is 2.95. The first-order valence-corrected chi connectivity index (χ1v) is 13.5. The molecule has 1 aromatic heterocycles. The van der Waals surface area contributed by atoms with Crippen LogP contribution in [-0.4, -0.2) is 35.0 Å². The molecular formula is C31H29Cl2N3O2. The Kier molecular flexibility index (Phi) is 8.59. The van der Waals surface area contributed by atoms with E-state index in [1.807, 2.05) is 66.7 Å². The minimum absolute atomic E-state index is 0.114. The molecule has 5 nitrogen and oxygen atoms in total. The number of carbonyl (C=O) groups is 1. The van der Waals surface area contributed by atoms with Crippen molar-refractivity contribution in [1.82, 2.24) is 15.2 Å². The smallest absolute Gasteiger partial charge is 0.251 e. The summed E-state index contributed by atoms with van der Waals surface area (Å²) in [7, 11) is 0. The highest BCUT2D eigenvalue weighted by Crippen LogP contribution is 2.25. The Labute approximate surface area is 233 Å². The molecule has 5 rings (SSSR count). The maximum atomic E-state index is 12.6. The summed E-state index contributed by atoms with van der Waals surface area (Å²) in [5.41, 5.74) is 4.84. The number of hydrogen-bond donors (Lipinski definition) is 1. The number of amides is 1. The van der Waals surface area contributed by atoms with Crippen molar-refractivity contribution in [1.29, 1.82) is 0 Å². The highest BCUT2D eigenvalue weighted by atomic mass is 35.5. The van der Waals surface area contributed by atoms with Gasteiger partial charge in [-0.05, 0) is 59.4 Å². The van der Waals surface area contributed by atoms with Crippen LogP contribution >= 0.6 is 23.2 Å². The number of nitrogens with zero attached hydrogens (tertiary/aromatic N) is 2. The maximum absolute atomic E-state index is 12.6. The first kappa shape index (κ1) is 26.2. The molecule has 0 saturated carbocycles. The molecule has 1 amide bonds. The van der Waals surface area contributed by atoms with Gasteiger partial charge in [0.05, 0.1) is 0 Å². The highest BCUT2D eigenvalue weighted by molar-refractivity contribution is 6.35. The number of carbonyl (C=O) groups excluding carboxylic acids is 1. The molecule has 0 spiro atoms. The number of likely N-dealkylation sites (tertiary alicyclic amines) is 1. The van der Waals surface area contributed by atoms with Crippen molar-refractivity contribution >= 4 is 29.1 Å². The second-order valence-corrected chi connectivity index (χ2v) is 10.3. The standard InChI is InChI=1S/C31H29Cl2N3O2/c32-27-12-11-26(29(33)18-27)21-36-16-14-28(15-17-36)38-30-13-6-22(19-34-30)20-35-31(37)25-9-7-24(8-10-25)23-4-2-1-3-5-23/h1-13,18-19,28H,14-17,20-21H2,(H,35,37). The topological polar surface area (TPSA) is 54.5 Å². The summed E-state index contributed by atoms with van der Waals surface area (Å²) >= 11 is 12.3. The van der Waals surface area contributed by atoms with Crippen molar-refractivity contribution in [2.75, 3.05) is 13.1 Å². The first-order valence-electron chi connectivity index (χ1n) is 12.7. The van der Waals surface area contributed by atoms with Crippen LogP contribution in [0, 0.1) is 0 Å². The second-order valence-electron chi connectivity index (χ2n) is 9.46. The van der Waals surface area contributed by atoms with Crippen LogP contribution in [0.2, 0.25) is 10.0 Å². The summed E-state index contributed by atoms with van der Waals surface area (Å²) in [5.74, 6) is 0.493. The number of nitrogens with one attached hydrogen (secondary N) is 1. The predicted molar refractivity (Wildman–Crippen MR) is 153 cm³/mol. The Morgan fingerprint density at radius 1 is 0.921 bits per heavy atom. The van der Waals surface area contributed by atoms with Crippen molar-refractivity contribution in [3.8, 4) is 17.0 Å². The van der Waals surface area contributed by atoms with E-state index in [0.29, 0.717) is 28.0 Å². The second kappa shape index (κ2) is 12.4. The van der Waals surface area contributed by atoms with Crippen molar-refractivity contribution in [2.24, 2.45) is 0 Å². The molecule has 7 heteroatoms. The van der Waals surface area contributed by atoms with Crippen LogP contribution in [0.1, 0.15) is 34.3 Å². The van der Waals surface area contributed by atoms with Crippen LogP contribution in [0.25, 0.3) is 11.1 Å². The Morgan fingerprint density at radius 3 is 2.34 bits per heavy atom. The van der Waals surface area contributed by atoms with Crippen LogP contribution < -0.4 is 10.1 Å². The average molecular weight is 546 g/mol. The lowest BCUT2D eigenvalue weighted by Gasteiger charge is -2.32. The van der Waals surface area contributed by atoms with E-state index in [1.165, 1.54) is 0 Å². The zero-order chi connectivity index (χ0) is 26.3. The fraction of sp³-hybridized carbons (Fsp3) is 0.226. The first-order chi connectivity index (χ1) is 18.5. The normalized spacial score (nSPS) is 14.3. The fourth-order valence-electron chi connectivity index (χ4n) is 4.56. The van der Waals surface area contributed by atoms with Gasteiger partial charge in [-0.15, -0.1) is 0 Å². The van der Waals surface area contributed by atoms with Crippen LogP contribution in [0.4, 0.5) is 0 Å². The molecule has 4 aromatic rings. The molecule has 1 N–H and O–H groups in total. The van der Waals surface area contributed by atoms with Crippen LogP contribution in [0.3, 0.4) is 0 Å². The number of piperidine rings is 1. The SMILES string of the molecule is O=C(NCc1ccc(OC2CCN(Cc3ccc(Cl)cc3Cl)CC2)nc1)c1ccc(-c2ccccc2)cc1. The van der Waals surface area contributed by atoms with E-state index in [1.54, 1.807) is 12.3 Å². The van der Waals surface area contributed by atoms with Gasteiger partial charge in [-0.2, -0.15) is 0 Å². The van der Waals surface area contributed by atoms with E-state index >= 15 is 0 Å². The minimum Gasteiger partial charge on any atom is -0.474 e. The summed E-state index contributed by atoms with van der Waals surface area (Å²) in [6.07, 6.45) is 3.73. The molecule has 0 atom stereocenters. The Morgan fingerprint density at radius 2 is 1.66 bits per heavy atom. The third-order valence-electron chi connectivity index (χ3n) is 6.74. The molecule has 1 saturated heterocycles. The summed E-state index contributed by atoms with van der Waals surface area (Å²) in [5, 5.41) is 4.32. The maximum Gasteiger partial charge on any atom is 0.251 e. The third-order valence-corrected chi connectivity index (χ3v) is 7.32. The van der Waals surface area contributed by atoms with Gasteiger partial charge in [-0.3, -0.25) is 9.69 Å². The number of halogens is 2. The predicted octanol–water partition coefficient (Wildman–Crippen LogP) is 7.03. The van der Waals surface area contributed by atoms with Crippen molar-refractivity contribution in [3.63, 3.8) is 0 Å². The van der Waals surface area contributed by atoms with Gasteiger partial charge in [-0.1, -0.05) is 77.8 Å². The molecule has 3 aromatic carbocycles. The Bertz CT molecular complexity index is 1350. The zero-order valence-electron chi connectivity index (χ0n) is 20.9. The molecule has 194 valence electrons. The quantitative estimate of drug-likeness (QED) is 0.258. The lowest BCUT2D eigenvalue weighted by Crippen LogP contribution is -2.38. The number of hydrogen-bond acceptors (Lipinski definition) is 4. The van der Waals surface area contributed by atoms with Gasteiger partial charge in [0, 0.05) is 54.1 Å². The van der Waals surface area contributed by atoms with Gasteiger partial charge in [0.25, 0.3) is 5.91 Å². The van der Waals surface area contributed by atoms with Crippen LogP contribution in [0.5, 0.6) is 5.88 Å². The Hall–Kier alpha value is -3.38. The zero-order valence-corrected chi connectivity index (χ0v) is 22.5. The molecule has 0 aliphatic carbocycles. The molecule has 0 unspecified atom stereocenters. The van der Waals surface area contributed by atoms with Gasteiger partial charge in [0.15, 0.2) is 0 Å². The molecule has 0 bridgehead atoms. The van der Waals surface area contributed by atoms with E-state index in [4.69, 9.17) is 27.9 Å². The number of benzene rings is 3. The van der Waals surface area contributed by atoms with Gasteiger partial charge >= 0.3 is 0 Å². The number of aromatic nitrogens is 1. The Balaban J connectivity index is 1.06. The summed E-state index contributed by atoms with van der Waals surface area (Å²) in [4.78, 5) is 19.4. The van der Waals surface area contributed by atoms with Gasteiger partial charge in [0.2, 0.25) is 5.88 Å². The molecule has 1 fully saturated rings. The highest BCUT2D eigenvalue weighted by Gasteiger charge is 2.21. The monoisotopic (exact) mass is 545 g/mol. The van der Waals surface area contributed by atoms with E-state index in [2.05, 4.69) is 27.3 Å². The summed E-state index contributed by atoms with van der Waals surface area (Å²) in [6.45, 7) is 3.07. The van der Waals surface area contributed by atoms with E-state index in [9.17, 15) is 4.79 Å². The number of ether oxygens (including phenoxy) is 1. The number of rotatable bonds is 8. The van der Waals surface area contributed by atoms with Crippen molar-refractivity contribution in [3.05, 3.63) is 118 Å². The van der Waals surface area contributed by atoms with Gasteiger partial charge < -0.3 is 10.1 Å². The summed E-state index contributed by atoms with van der Waals surface area (Å²) < 4.78 is 6.12. The fourth-order valence-corrected chi connectivity index (χ4v) is 5.03. The van der Waals surface area contributed by atoms with Crippen LogP contribution in [0.15, 0.2) is 91.1 Å². The van der Waals surface area contributed by atoms with E-state index < -0.39 is 0 Å². The summed E-state index contributed by atoms with van der Waals surface area (Å²) in [6, 6.07) is 27.2. The van der Waals surface area contributed by atoms with Gasteiger partial charge in [-0.25, -0.2) is 4.98 Å². The van der Waals surface area contributed by atoms with Gasteiger partial charge in [0.1, 0.15) is 6.10 Å². The molecular weight excluding hydrogens is 517 g/mol. The van der Waals surface area contributed by atoms with E-state index in [-0.39, 0.29) is 12.0 Å². The lowest BCUT2D eigenvalue weighted by molar-refractivity contribution is 0.0932. The van der Waals surface area contributed by atoms with Crippen molar-refractivity contribution < 1.29 is 9.53 Å². The molecule has 0 radical (unpaired) electrons. The molecule has 38 heavy (non-hydrogen) atoms. The molecule has 1 aliphatic rings. The largest absolute Gasteiger partial charge is 0.474 e. The molecule has 1 aliphatic heterocycles. The van der Waals surface area contributed by atoms with E-state index in [0.717, 1.165) is 54.7 Å². The van der Waals surface area contributed by atoms with Crippen molar-refractivity contribution in [2.45, 2.75) is 32.0 Å². The van der Waals surface area contributed by atoms with Crippen LogP contribution in [-0.2, 0) is 13.1 Å². The lowest BCUT2D eigenvalue weighted by atomic mass is 10.0. The minimum atomic E-state index is -0.114. The molecule has 2 heterocycles.